The van der Waals surface area contributed by atoms with Crippen molar-refractivity contribution in [3.8, 4) is 11.5 Å². The van der Waals surface area contributed by atoms with Crippen molar-refractivity contribution in [2.75, 3.05) is 4.90 Å². The number of para-hydroxylation sites is 2. The molecule has 0 heterocycles. The molecule has 0 radical (unpaired) electrons. The standard InChI is InChI=1S/C22H16N2O5/c1-16-12-13-17(14-20(16)23-15-25)24(21(26)28-18-8-4-2-5-9-18)22(27)29-19-10-6-3-7-11-19/h2-14H,1H3. The van der Waals surface area contributed by atoms with Crippen LogP contribution in [0, 0.1) is 6.92 Å². The fourth-order valence-electron chi connectivity index (χ4n) is 2.46. The van der Waals surface area contributed by atoms with E-state index < -0.39 is 12.2 Å². The molecule has 0 saturated heterocycles. The first-order chi connectivity index (χ1) is 14.1. The Hall–Kier alpha value is -4.22. The number of hydrogen-bond donors (Lipinski definition) is 0. The van der Waals surface area contributed by atoms with Gasteiger partial charge in [0, 0.05) is 0 Å². The number of benzene rings is 3. The summed E-state index contributed by atoms with van der Waals surface area (Å²) in [5.74, 6) is 0.515. The highest BCUT2D eigenvalue weighted by molar-refractivity contribution is 6.10. The van der Waals surface area contributed by atoms with Gasteiger partial charge in [-0.25, -0.2) is 14.4 Å². The average molecular weight is 388 g/mol. The highest BCUT2D eigenvalue weighted by Crippen LogP contribution is 2.27. The fourth-order valence-corrected chi connectivity index (χ4v) is 2.46. The summed E-state index contributed by atoms with van der Waals surface area (Å²) in [5.41, 5.74) is 1.07. The second-order valence-electron chi connectivity index (χ2n) is 5.87. The molecule has 0 N–H and O–H groups in total. The molecule has 0 aliphatic rings. The van der Waals surface area contributed by atoms with E-state index >= 15 is 0 Å². The molecular formula is C22H16N2O5. The van der Waals surface area contributed by atoms with Crippen LogP contribution < -0.4 is 14.4 Å². The molecule has 3 aromatic rings. The zero-order chi connectivity index (χ0) is 20.6. The lowest BCUT2D eigenvalue weighted by Crippen LogP contribution is -2.41. The van der Waals surface area contributed by atoms with Crippen LogP contribution >= 0.6 is 0 Å². The Kier molecular flexibility index (Phi) is 6.15. The Morgan fingerprint density at radius 3 is 1.83 bits per heavy atom. The second-order valence-corrected chi connectivity index (χ2v) is 5.87. The molecule has 144 valence electrons. The first-order valence-electron chi connectivity index (χ1n) is 8.61. The number of imide groups is 1. The van der Waals surface area contributed by atoms with Crippen LogP contribution in [0.3, 0.4) is 0 Å². The van der Waals surface area contributed by atoms with Crippen molar-refractivity contribution in [1.29, 1.82) is 0 Å². The molecule has 7 heteroatoms. The predicted molar refractivity (Wildman–Crippen MR) is 106 cm³/mol. The summed E-state index contributed by atoms with van der Waals surface area (Å²) in [7, 11) is 0. The monoisotopic (exact) mass is 388 g/mol. The molecule has 3 aromatic carbocycles. The van der Waals surface area contributed by atoms with E-state index in [0.29, 0.717) is 5.56 Å². The van der Waals surface area contributed by atoms with Crippen molar-refractivity contribution < 1.29 is 23.9 Å². The topological polar surface area (TPSA) is 85.3 Å². The van der Waals surface area contributed by atoms with E-state index in [9.17, 15) is 14.4 Å². The number of hydrogen-bond acceptors (Lipinski definition) is 6. The largest absolute Gasteiger partial charge is 0.429 e. The molecule has 2 amide bonds. The van der Waals surface area contributed by atoms with Gasteiger partial charge in [-0.1, -0.05) is 42.5 Å². The van der Waals surface area contributed by atoms with Gasteiger partial charge < -0.3 is 9.47 Å². The number of carbonyl (C=O) groups excluding carboxylic acids is 3. The van der Waals surface area contributed by atoms with Gasteiger partial charge >= 0.3 is 12.2 Å². The van der Waals surface area contributed by atoms with Gasteiger partial charge in [-0.2, -0.15) is 9.89 Å². The van der Waals surface area contributed by atoms with E-state index in [1.54, 1.807) is 73.7 Å². The first-order valence-corrected chi connectivity index (χ1v) is 8.61. The Bertz CT molecular complexity index is 1010. The molecule has 0 aromatic heterocycles. The summed E-state index contributed by atoms with van der Waals surface area (Å²) in [6.07, 6.45) is -0.487. The molecule has 0 bridgehead atoms. The van der Waals surface area contributed by atoms with E-state index in [1.165, 1.54) is 18.2 Å². The summed E-state index contributed by atoms with van der Waals surface area (Å²) in [6.45, 7) is 1.73. The van der Waals surface area contributed by atoms with Gasteiger partial charge in [-0.05, 0) is 48.9 Å². The van der Waals surface area contributed by atoms with Crippen LogP contribution in [-0.4, -0.2) is 18.3 Å². The predicted octanol–water partition coefficient (Wildman–Crippen LogP) is 5.17. The molecule has 29 heavy (non-hydrogen) atoms. The molecule has 0 saturated carbocycles. The fraction of sp³-hybridized carbons (Fsp3) is 0.0455. The number of anilines is 1. The SMILES string of the molecule is Cc1ccc(N(C(=O)Oc2ccccc2)C(=O)Oc2ccccc2)cc1N=C=O. The molecule has 0 spiro atoms. The van der Waals surface area contributed by atoms with Crippen LogP contribution in [-0.2, 0) is 4.79 Å². The van der Waals surface area contributed by atoms with Gasteiger partial charge in [0.15, 0.2) is 0 Å². The maximum atomic E-state index is 12.8. The van der Waals surface area contributed by atoms with Gasteiger partial charge in [0.25, 0.3) is 0 Å². The summed E-state index contributed by atoms with van der Waals surface area (Å²) in [5, 5.41) is 0. The lowest BCUT2D eigenvalue weighted by Gasteiger charge is -2.20. The van der Waals surface area contributed by atoms with Gasteiger partial charge in [0.1, 0.15) is 11.5 Å². The van der Waals surface area contributed by atoms with Gasteiger partial charge in [0.05, 0.1) is 11.4 Å². The smallest absolute Gasteiger partial charge is 0.410 e. The van der Waals surface area contributed by atoms with Crippen molar-refractivity contribution in [3.63, 3.8) is 0 Å². The first kappa shape index (κ1) is 19.5. The van der Waals surface area contributed by atoms with Gasteiger partial charge in [0.2, 0.25) is 6.08 Å². The Labute approximate surface area is 166 Å². The molecular weight excluding hydrogens is 372 g/mol. The van der Waals surface area contributed by atoms with E-state index in [1.807, 2.05) is 0 Å². The molecule has 3 rings (SSSR count). The van der Waals surface area contributed by atoms with Crippen LogP contribution in [0.1, 0.15) is 5.56 Å². The van der Waals surface area contributed by atoms with Crippen molar-refractivity contribution in [1.82, 2.24) is 0 Å². The number of aliphatic imine (C=N–C) groups is 1. The van der Waals surface area contributed by atoms with E-state index in [-0.39, 0.29) is 22.9 Å². The van der Waals surface area contributed by atoms with Crippen LogP contribution in [0.2, 0.25) is 0 Å². The second kappa shape index (κ2) is 9.12. The summed E-state index contributed by atoms with van der Waals surface area (Å²) >= 11 is 0. The minimum Gasteiger partial charge on any atom is -0.410 e. The third-order valence-electron chi connectivity index (χ3n) is 3.88. The zero-order valence-electron chi connectivity index (χ0n) is 15.4. The van der Waals surface area contributed by atoms with Crippen LogP contribution in [0.25, 0.3) is 0 Å². The molecule has 0 unspecified atom stereocenters. The number of nitrogens with zero attached hydrogens (tertiary/aromatic N) is 2. The average Bonchev–Trinajstić information content (AvgIpc) is 2.72. The number of isocyanates is 1. The lowest BCUT2D eigenvalue weighted by molar-refractivity contribution is 0.191. The van der Waals surface area contributed by atoms with E-state index in [0.717, 1.165) is 4.90 Å². The van der Waals surface area contributed by atoms with Gasteiger partial charge in [-0.3, -0.25) is 0 Å². The summed E-state index contributed by atoms with van der Waals surface area (Å²) in [6, 6.07) is 21.2. The number of carbonyl (C=O) groups is 2. The number of amides is 2. The van der Waals surface area contributed by atoms with Crippen LogP contribution in [0.15, 0.2) is 83.9 Å². The highest BCUT2D eigenvalue weighted by atomic mass is 16.6. The summed E-state index contributed by atoms with van der Waals surface area (Å²) < 4.78 is 10.6. The van der Waals surface area contributed by atoms with Crippen molar-refractivity contribution >= 4 is 29.6 Å². The molecule has 0 aliphatic carbocycles. The molecule has 0 atom stereocenters. The van der Waals surface area contributed by atoms with Crippen molar-refractivity contribution in [2.24, 2.45) is 4.99 Å². The minimum absolute atomic E-state index is 0.131. The van der Waals surface area contributed by atoms with E-state index in [4.69, 9.17) is 9.47 Å². The molecule has 0 fully saturated rings. The van der Waals surface area contributed by atoms with Crippen LogP contribution in [0.5, 0.6) is 11.5 Å². The van der Waals surface area contributed by atoms with Gasteiger partial charge in [-0.15, -0.1) is 0 Å². The van der Waals surface area contributed by atoms with Crippen molar-refractivity contribution in [3.05, 3.63) is 84.4 Å². The summed E-state index contributed by atoms with van der Waals surface area (Å²) in [4.78, 5) is 40.6. The maximum Gasteiger partial charge on any atom is 0.429 e. The van der Waals surface area contributed by atoms with E-state index in [2.05, 4.69) is 4.99 Å². The van der Waals surface area contributed by atoms with Crippen molar-refractivity contribution in [2.45, 2.75) is 6.92 Å². The van der Waals surface area contributed by atoms with Crippen LogP contribution in [0.4, 0.5) is 21.0 Å². The molecule has 7 nitrogen and oxygen atoms in total. The lowest BCUT2D eigenvalue weighted by atomic mass is 10.2. The molecule has 0 aliphatic heterocycles. The highest BCUT2D eigenvalue weighted by Gasteiger charge is 2.28. The normalized spacial score (nSPS) is 9.83. The maximum absolute atomic E-state index is 12.8. The Morgan fingerprint density at radius 1 is 0.828 bits per heavy atom. The zero-order valence-corrected chi connectivity index (χ0v) is 15.4. The number of ether oxygens (including phenoxy) is 2. The number of rotatable bonds is 4. The minimum atomic E-state index is -0.970. The quantitative estimate of drug-likeness (QED) is 0.455. The third-order valence-corrected chi connectivity index (χ3v) is 3.88. The Morgan fingerprint density at radius 2 is 1.34 bits per heavy atom. The number of aryl methyl sites for hydroxylation is 1. The third kappa shape index (κ3) is 4.94. The Balaban J connectivity index is 1.96.